The largest absolute Gasteiger partial charge is 0.303 e. The van der Waals surface area contributed by atoms with E-state index in [1.807, 2.05) is 18.2 Å². The molecule has 2 rings (SSSR count). The van der Waals surface area contributed by atoms with Gasteiger partial charge in [0.25, 0.3) is 0 Å². The second-order valence-corrected chi connectivity index (χ2v) is 6.71. The first-order valence-corrected chi connectivity index (χ1v) is 8.49. The second kappa shape index (κ2) is 7.46. The Morgan fingerprint density at radius 2 is 2.00 bits per heavy atom. The van der Waals surface area contributed by atoms with Crippen LogP contribution < -0.4 is 5.32 Å². The minimum absolute atomic E-state index is 0.239. The summed E-state index contributed by atoms with van der Waals surface area (Å²) in [7, 11) is 0. The van der Waals surface area contributed by atoms with Crippen LogP contribution in [0.5, 0.6) is 0 Å². The van der Waals surface area contributed by atoms with E-state index in [-0.39, 0.29) is 6.04 Å². The third-order valence-electron chi connectivity index (χ3n) is 3.36. The third-order valence-corrected chi connectivity index (χ3v) is 5.08. The molecule has 0 aliphatic rings. The van der Waals surface area contributed by atoms with Crippen molar-refractivity contribution in [3.63, 3.8) is 0 Å². The average molecular weight is 328 g/mol. The number of nitrogens with one attached hydrogen (secondary N) is 1. The Labute approximate surface area is 134 Å². The predicted octanol–water partition coefficient (Wildman–Crippen LogP) is 6.25. The normalized spacial score (nSPS) is 14.2. The van der Waals surface area contributed by atoms with Gasteiger partial charge >= 0.3 is 0 Å². The fourth-order valence-corrected chi connectivity index (χ4v) is 3.39. The Hall–Kier alpha value is -0.540. The first kappa shape index (κ1) is 15.8. The molecule has 4 heteroatoms. The molecule has 2 atom stereocenters. The fourth-order valence-electron chi connectivity index (χ4n) is 2.27. The summed E-state index contributed by atoms with van der Waals surface area (Å²) < 4.78 is 0. The van der Waals surface area contributed by atoms with Gasteiger partial charge in [-0.2, -0.15) is 0 Å². The molecule has 2 unspecified atom stereocenters. The molecule has 1 aromatic carbocycles. The topological polar surface area (TPSA) is 12.0 Å². The van der Waals surface area contributed by atoms with Gasteiger partial charge in [0, 0.05) is 17.0 Å². The van der Waals surface area contributed by atoms with Crippen molar-refractivity contribution in [3.8, 4) is 0 Å². The summed E-state index contributed by atoms with van der Waals surface area (Å²) in [5.74, 6) is 0. The maximum absolute atomic E-state index is 6.10. The van der Waals surface area contributed by atoms with Crippen LogP contribution in [0.25, 0.3) is 0 Å². The lowest BCUT2D eigenvalue weighted by atomic mass is 10.0. The van der Waals surface area contributed by atoms with Crippen molar-refractivity contribution in [1.82, 2.24) is 5.32 Å². The molecule has 0 amide bonds. The highest BCUT2D eigenvalue weighted by Gasteiger charge is 2.16. The van der Waals surface area contributed by atoms with E-state index in [9.17, 15) is 0 Å². The van der Waals surface area contributed by atoms with Gasteiger partial charge in [-0.15, -0.1) is 11.3 Å². The lowest BCUT2D eigenvalue weighted by Crippen LogP contribution is -2.24. The van der Waals surface area contributed by atoms with E-state index in [1.165, 1.54) is 4.88 Å². The molecular formula is C16H19Cl2NS. The molecule has 0 aliphatic carbocycles. The van der Waals surface area contributed by atoms with E-state index < -0.39 is 0 Å². The Kier molecular flexibility index (Phi) is 5.91. The Morgan fingerprint density at radius 3 is 2.60 bits per heavy atom. The monoisotopic (exact) mass is 327 g/mol. The van der Waals surface area contributed by atoms with Crippen LogP contribution in [0.15, 0.2) is 35.7 Å². The Balaban J connectivity index is 2.11. The minimum Gasteiger partial charge on any atom is -0.303 e. The molecule has 1 heterocycles. The first-order valence-electron chi connectivity index (χ1n) is 6.86. The van der Waals surface area contributed by atoms with Crippen molar-refractivity contribution < 1.29 is 0 Å². The zero-order valence-corrected chi connectivity index (χ0v) is 14.0. The molecule has 1 aromatic heterocycles. The number of benzene rings is 1. The standard InChI is InChI=1S/C16H19Cl2NS/c1-3-5-15(16-6-4-9-20-16)19-11(2)12-7-8-13(17)14(18)10-12/h4,6-11,15,19H,3,5H2,1-2H3. The SMILES string of the molecule is CCCC(NC(C)c1ccc(Cl)c(Cl)c1)c1cccs1. The quantitative estimate of drug-likeness (QED) is 0.661. The van der Waals surface area contributed by atoms with Crippen LogP contribution in [0.3, 0.4) is 0 Å². The van der Waals surface area contributed by atoms with Crippen molar-refractivity contribution in [2.45, 2.75) is 38.8 Å². The highest BCUT2D eigenvalue weighted by atomic mass is 35.5. The number of thiophene rings is 1. The van der Waals surface area contributed by atoms with Gasteiger partial charge in [0.15, 0.2) is 0 Å². The van der Waals surface area contributed by atoms with Crippen LogP contribution in [-0.4, -0.2) is 0 Å². The van der Waals surface area contributed by atoms with Crippen LogP contribution in [0.2, 0.25) is 10.0 Å². The summed E-state index contributed by atoms with van der Waals surface area (Å²) >= 11 is 13.9. The van der Waals surface area contributed by atoms with Gasteiger partial charge in [-0.25, -0.2) is 0 Å². The lowest BCUT2D eigenvalue weighted by molar-refractivity contribution is 0.445. The zero-order chi connectivity index (χ0) is 14.5. The van der Waals surface area contributed by atoms with Crippen LogP contribution in [0.4, 0.5) is 0 Å². The number of hydrogen-bond donors (Lipinski definition) is 1. The van der Waals surface area contributed by atoms with Gasteiger partial charge in [-0.1, -0.05) is 48.7 Å². The molecule has 1 nitrogen and oxygen atoms in total. The Morgan fingerprint density at radius 1 is 1.20 bits per heavy atom. The molecule has 1 N–H and O–H groups in total. The van der Waals surface area contributed by atoms with Gasteiger partial charge in [-0.05, 0) is 42.5 Å². The molecule has 0 saturated heterocycles. The maximum Gasteiger partial charge on any atom is 0.0595 e. The Bertz CT molecular complexity index is 539. The average Bonchev–Trinajstić information content (AvgIpc) is 2.95. The van der Waals surface area contributed by atoms with E-state index in [0.29, 0.717) is 16.1 Å². The van der Waals surface area contributed by atoms with E-state index in [1.54, 1.807) is 11.3 Å². The molecule has 0 fully saturated rings. The molecule has 20 heavy (non-hydrogen) atoms. The molecule has 0 saturated carbocycles. The van der Waals surface area contributed by atoms with Gasteiger partial charge in [-0.3, -0.25) is 0 Å². The minimum atomic E-state index is 0.239. The highest BCUT2D eigenvalue weighted by Crippen LogP contribution is 2.29. The third kappa shape index (κ3) is 3.98. The van der Waals surface area contributed by atoms with Gasteiger partial charge in [0.1, 0.15) is 0 Å². The van der Waals surface area contributed by atoms with Crippen LogP contribution in [0.1, 0.15) is 49.2 Å². The number of halogens is 2. The zero-order valence-electron chi connectivity index (χ0n) is 11.7. The molecular weight excluding hydrogens is 309 g/mol. The van der Waals surface area contributed by atoms with Gasteiger partial charge < -0.3 is 5.32 Å². The summed E-state index contributed by atoms with van der Waals surface area (Å²) in [6.45, 7) is 4.38. The summed E-state index contributed by atoms with van der Waals surface area (Å²) in [4.78, 5) is 1.39. The van der Waals surface area contributed by atoms with Crippen molar-refractivity contribution in [2.24, 2.45) is 0 Å². The van der Waals surface area contributed by atoms with E-state index in [0.717, 1.165) is 18.4 Å². The van der Waals surface area contributed by atoms with E-state index in [2.05, 4.69) is 36.7 Å². The van der Waals surface area contributed by atoms with Crippen molar-refractivity contribution >= 4 is 34.5 Å². The molecule has 0 aliphatic heterocycles. The number of hydrogen-bond acceptors (Lipinski definition) is 2. The molecule has 0 bridgehead atoms. The maximum atomic E-state index is 6.10. The van der Waals surface area contributed by atoms with Gasteiger partial charge in [0.05, 0.1) is 10.0 Å². The van der Waals surface area contributed by atoms with Crippen LogP contribution >= 0.6 is 34.5 Å². The fraction of sp³-hybridized carbons (Fsp3) is 0.375. The summed E-state index contributed by atoms with van der Waals surface area (Å²) in [5, 5.41) is 7.04. The summed E-state index contributed by atoms with van der Waals surface area (Å²) in [5.41, 5.74) is 1.16. The van der Waals surface area contributed by atoms with E-state index >= 15 is 0 Å². The molecule has 0 spiro atoms. The first-order chi connectivity index (χ1) is 9.61. The summed E-state index contributed by atoms with van der Waals surface area (Å²) in [6, 6.07) is 10.8. The predicted molar refractivity (Wildman–Crippen MR) is 90.0 cm³/mol. The molecule has 0 radical (unpaired) electrons. The summed E-state index contributed by atoms with van der Waals surface area (Å²) in [6.07, 6.45) is 2.29. The molecule has 2 aromatic rings. The van der Waals surface area contributed by atoms with E-state index in [4.69, 9.17) is 23.2 Å². The lowest BCUT2D eigenvalue weighted by Gasteiger charge is -2.23. The molecule has 108 valence electrons. The number of rotatable bonds is 6. The van der Waals surface area contributed by atoms with Crippen LogP contribution in [0, 0.1) is 0 Å². The highest BCUT2D eigenvalue weighted by molar-refractivity contribution is 7.10. The second-order valence-electron chi connectivity index (χ2n) is 4.92. The van der Waals surface area contributed by atoms with Gasteiger partial charge in [0.2, 0.25) is 0 Å². The smallest absolute Gasteiger partial charge is 0.0595 e. The van der Waals surface area contributed by atoms with Crippen molar-refractivity contribution in [3.05, 3.63) is 56.2 Å². The van der Waals surface area contributed by atoms with Crippen molar-refractivity contribution in [1.29, 1.82) is 0 Å². The van der Waals surface area contributed by atoms with Crippen LogP contribution in [-0.2, 0) is 0 Å². The van der Waals surface area contributed by atoms with Crippen molar-refractivity contribution in [2.75, 3.05) is 0 Å².